The number of methoxy groups -OCH3 is 1. The molecule has 0 fully saturated rings. The number of hydrogen-bond donors (Lipinski definition) is 0. The molecule has 33 heavy (non-hydrogen) atoms. The van der Waals surface area contributed by atoms with Gasteiger partial charge in [-0.25, -0.2) is 0 Å². The number of hydrogen-bond acceptors (Lipinski definition) is 3. The minimum absolute atomic E-state index is 0.0995. The molecule has 2 rings (SSSR count). The number of ether oxygens (including phenoxy) is 1. The van der Waals surface area contributed by atoms with Gasteiger partial charge >= 0.3 is 6.18 Å². The molecule has 0 unspecified atom stereocenters. The van der Waals surface area contributed by atoms with Gasteiger partial charge in [0.1, 0.15) is 6.54 Å². The highest BCUT2D eigenvalue weighted by molar-refractivity contribution is 5.96. The minimum atomic E-state index is -4.56. The Kier molecular flexibility index (Phi) is 9.96. The topological polar surface area (TPSA) is 54.8 Å². The van der Waals surface area contributed by atoms with E-state index in [1.807, 2.05) is 36.9 Å². The lowest BCUT2D eigenvalue weighted by Crippen LogP contribution is -2.43. The van der Waals surface area contributed by atoms with E-state index in [0.29, 0.717) is 26.1 Å². The monoisotopic (exact) mass is 467 g/mol. The third-order valence-corrected chi connectivity index (χ3v) is 5.37. The number of benzene rings is 1. The molecular formula is C24H32F3N3O3. The van der Waals surface area contributed by atoms with Crippen molar-refractivity contribution in [3.63, 3.8) is 0 Å². The summed E-state index contributed by atoms with van der Waals surface area (Å²) >= 11 is 0. The van der Waals surface area contributed by atoms with E-state index in [1.165, 1.54) is 24.1 Å². The number of aromatic nitrogens is 1. The van der Waals surface area contributed by atoms with Gasteiger partial charge in [-0.15, -0.1) is 0 Å². The van der Waals surface area contributed by atoms with Gasteiger partial charge in [-0.2, -0.15) is 13.2 Å². The predicted octanol–water partition coefficient (Wildman–Crippen LogP) is 4.35. The molecule has 0 saturated heterocycles. The van der Waals surface area contributed by atoms with Crippen LogP contribution in [-0.2, 0) is 29.3 Å². The second-order valence-corrected chi connectivity index (χ2v) is 7.93. The largest absolute Gasteiger partial charge is 0.416 e. The summed E-state index contributed by atoms with van der Waals surface area (Å²) < 4.78 is 46.3. The molecule has 0 saturated carbocycles. The van der Waals surface area contributed by atoms with Gasteiger partial charge in [0.2, 0.25) is 5.91 Å². The highest BCUT2D eigenvalue weighted by atomic mass is 19.4. The summed E-state index contributed by atoms with van der Waals surface area (Å²) in [6.45, 7) is 3.30. The van der Waals surface area contributed by atoms with E-state index in [1.54, 1.807) is 4.90 Å². The normalized spacial score (nSPS) is 11.5. The van der Waals surface area contributed by atoms with Crippen molar-refractivity contribution in [3.8, 4) is 0 Å². The lowest BCUT2D eigenvalue weighted by atomic mass is 10.1. The molecule has 0 atom stereocenters. The van der Waals surface area contributed by atoms with E-state index < -0.39 is 17.6 Å². The van der Waals surface area contributed by atoms with Crippen molar-refractivity contribution in [1.82, 2.24) is 14.4 Å². The second kappa shape index (κ2) is 12.4. The van der Waals surface area contributed by atoms with E-state index in [-0.39, 0.29) is 24.6 Å². The molecule has 182 valence electrons. The number of amides is 2. The lowest BCUT2D eigenvalue weighted by Gasteiger charge is -2.28. The van der Waals surface area contributed by atoms with Crippen molar-refractivity contribution in [2.24, 2.45) is 7.05 Å². The average Bonchev–Trinajstić information content (AvgIpc) is 3.19. The quantitative estimate of drug-likeness (QED) is 0.436. The number of carbonyl (C=O) groups is 2. The van der Waals surface area contributed by atoms with Crippen molar-refractivity contribution < 1.29 is 27.5 Å². The van der Waals surface area contributed by atoms with Crippen LogP contribution < -0.4 is 0 Å². The van der Waals surface area contributed by atoms with E-state index in [0.717, 1.165) is 30.7 Å². The van der Waals surface area contributed by atoms with Crippen LogP contribution >= 0.6 is 0 Å². The summed E-state index contributed by atoms with van der Waals surface area (Å²) in [4.78, 5) is 29.3. The van der Waals surface area contributed by atoms with E-state index >= 15 is 0 Å². The minimum Gasteiger partial charge on any atom is -0.385 e. The molecule has 2 aromatic rings. The molecule has 6 nitrogen and oxygen atoms in total. The molecular weight excluding hydrogens is 435 g/mol. The Morgan fingerprint density at radius 3 is 2.39 bits per heavy atom. The van der Waals surface area contributed by atoms with Crippen molar-refractivity contribution in [2.45, 2.75) is 38.9 Å². The van der Waals surface area contributed by atoms with Gasteiger partial charge in [-0.1, -0.05) is 19.4 Å². The molecule has 0 N–H and O–H groups in total. The van der Waals surface area contributed by atoms with Gasteiger partial charge < -0.3 is 19.1 Å². The van der Waals surface area contributed by atoms with Crippen LogP contribution in [0.25, 0.3) is 0 Å². The van der Waals surface area contributed by atoms with Gasteiger partial charge in [-0.05, 0) is 43.2 Å². The first-order chi connectivity index (χ1) is 15.7. The Morgan fingerprint density at radius 2 is 1.79 bits per heavy atom. The fourth-order valence-corrected chi connectivity index (χ4v) is 3.42. The third-order valence-electron chi connectivity index (χ3n) is 5.37. The zero-order valence-corrected chi connectivity index (χ0v) is 19.4. The van der Waals surface area contributed by atoms with Crippen LogP contribution in [0.15, 0.2) is 42.6 Å². The zero-order valence-electron chi connectivity index (χ0n) is 19.4. The Hall–Kier alpha value is -2.81. The molecule has 0 radical (unpaired) electrons. The van der Waals surface area contributed by atoms with Gasteiger partial charge in [0, 0.05) is 51.3 Å². The smallest absolute Gasteiger partial charge is 0.385 e. The zero-order chi connectivity index (χ0) is 24.4. The SMILES string of the molecule is CCCCN(Cc1cccn1C)C(=O)CN(CCCOC)C(=O)c1cccc(C(F)(F)F)c1. The summed E-state index contributed by atoms with van der Waals surface area (Å²) in [6, 6.07) is 8.11. The second-order valence-electron chi connectivity index (χ2n) is 7.93. The van der Waals surface area contributed by atoms with Crippen molar-refractivity contribution in [1.29, 1.82) is 0 Å². The molecule has 0 aliphatic heterocycles. The molecule has 0 bridgehead atoms. The van der Waals surface area contributed by atoms with Crippen LogP contribution in [0.2, 0.25) is 0 Å². The summed E-state index contributed by atoms with van der Waals surface area (Å²) in [6.07, 6.45) is -0.495. The van der Waals surface area contributed by atoms with E-state index in [9.17, 15) is 22.8 Å². The van der Waals surface area contributed by atoms with Gasteiger partial charge in [0.25, 0.3) is 5.91 Å². The molecule has 0 aliphatic rings. The van der Waals surface area contributed by atoms with Gasteiger partial charge in [0.15, 0.2) is 0 Å². The van der Waals surface area contributed by atoms with Crippen molar-refractivity contribution >= 4 is 11.8 Å². The first kappa shape index (κ1) is 26.4. The van der Waals surface area contributed by atoms with E-state index in [4.69, 9.17) is 4.74 Å². The van der Waals surface area contributed by atoms with Crippen LogP contribution in [0.1, 0.15) is 47.8 Å². The number of unbranched alkanes of at least 4 members (excludes halogenated alkanes) is 1. The molecule has 9 heteroatoms. The highest BCUT2D eigenvalue weighted by Crippen LogP contribution is 2.29. The highest BCUT2D eigenvalue weighted by Gasteiger charge is 2.31. The number of aryl methyl sites for hydroxylation is 1. The van der Waals surface area contributed by atoms with Crippen LogP contribution in [0, 0.1) is 0 Å². The number of alkyl halides is 3. The Balaban J connectivity index is 2.23. The molecule has 1 aromatic heterocycles. The summed E-state index contributed by atoms with van der Waals surface area (Å²) in [5, 5.41) is 0. The lowest BCUT2D eigenvalue weighted by molar-refractivity contribution is -0.137. The van der Waals surface area contributed by atoms with E-state index in [2.05, 4.69) is 0 Å². The maximum atomic E-state index is 13.2. The fourth-order valence-electron chi connectivity index (χ4n) is 3.42. The summed E-state index contributed by atoms with van der Waals surface area (Å²) in [5.41, 5.74) is -0.0445. The number of halogens is 3. The Labute approximate surface area is 192 Å². The van der Waals surface area contributed by atoms with Gasteiger partial charge in [-0.3, -0.25) is 9.59 Å². The molecule has 0 aliphatic carbocycles. The average molecular weight is 468 g/mol. The Morgan fingerprint density at radius 1 is 1.06 bits per heavy atom. The Bertz CT molecular complexity index is 912. The van der Waals surface area contributed by atoms with Crippen molar-refractivity contribution in [3.05, 3.63) is 59.4 Å². The number of rotatable bonds is 12. The maximum Gasteiger partial charge on any atom is 0.416 e. The summed E-state index contributed by atoms with van der Waals surface area (Å²) in [7, 11) is 3.42. The van der Waals surface area contributed by atoms with Crippen LogP contribution in [0.5, 0.6) is 0 Å². The summed E-state index contributed by atoms with van der Waals surface area (Å²) in [5.74, 6) is -0.859. The van der Waals surface area contributed by atoms with Crippen LogP contribution in [0.3, 0.4) is 0 Å². The standard InChI is InChI=1S/C24H32F3N3O3/c1-4-5-13-29(17-21-11-7-12-28(21)2)22(31)18-30(14-8-15-33-3)23(32)19-9-6-10-20(16-19)24(25,26)27/h6-7,9-12,16H,4-5,8,13-15,17-18H2,1-3H3. The maximum absolute atomic E-state index is 13.2. The van der Waals surface area contributed by atoms with Crippen molar-refractivity contribution in [2.75, 3.05) is 33.4 Å². The van der Waals surface area contributed by atoms with Crippen LogP contribution in [-0.4, -0.2) is 59.5 Å². The molecule has 2 amide bonds. The van der Waals surface area contributed by atoms with Gasteiger partial charge in [0.05, 0.1) is 12.1 Å². The molecule has 0 spiro atoms. The fraction of sp³-hybridized carbons (Fsp3) is 0.500. The third kappa shape index (κ3) is 7.92. The molecule has 1 heterocycles. The van der Waals surface area contributed by atoms with Crippen LogP contribution in [0.4, 0.5) is 13.2 Å². The predicted molar refractivity (Wildman–Crippen MR) is 120 cm³/mol. The molecule has 1 aromatic carbocycles. The number of nitrogens with zero attached hydrogens (tertiary/aromatic N) is 3. The first-order valence-electron chi connectivity index (χ1n) is 11.0. The first-order valence-corrected chi connectivity index (χ1v) is 11.0. The number of carbonyl (C=O) groups excluding carboxylic acids is 2.